The summed E-state index contributed by atoms with van der Waals surface area (Å²) in [6, 6.07) is 8.39. The van der Waals surface area contributed by atoms with E-state index in [4.69, 9.17) is 18.0 Å². The largest absolute Gasteiger partial charge is 0.375 e. The van der Waals surface area contributed by atoms with E-state index in [2.05, 4.69) is 76.1 Å². The van der Waals surface area contributed by atoms with Crippen LogP contribution in [0.2, 0.25) is 0 Å². The van der Waals surface area contributed by atoms with Crippen molar-refractivity contribution in [3.8, 4) is 5.69 Å². The van der Waals surface area contributed by atoms with Crippen LogP contribution in [0.5, 0.6) is 0 Å². The Bertz CT molecular complexity index is 719. The second-order valence-electron chi connectivity index (χ2n) is 4.83. The van der Waals surface area contributed by atoms with E-state index in [1.807, 2.05) is 0 Å². The standard InChI is InChI=1S/C15H17BrN4S/c1-9-4-5-13(7-14(9)16)20-10(2)6-12(11(20)3)8-18-19-15(17)21/h4-8H,1-3H3,(H3,17,19,21). The molecule has 1 heterocycles. The first-order valence-electron chi connectivity index (χ1n) is 6.44. The monoisotopic (exact) mass is 364 g/mol. The lowest BCUT2D eigenvalue weighted by Gasteiger charge is -2.11. The summed E-state index contributed by atoms with van der Waals surface area (Å²) in [5.41, 5.74) is 13.5. The molecular weight excluding hydrogens is 348 g/mol. The molecule has 4 nitrogen and oxygen atoms in total. The molecule has 2 aromatic rings. The van der Waals surface area contributed by atoms with E-state index >= 15 is 0 Å². The molecule has 0 unspecified atom stereocenters. The van der Waals surface area contributed by atoms with Gasteiger partial charge in [0.25, 0.3) is 0 Å². The minimum Gasteiger partial charge on any atom is -0.375 e. The number of nitrogens with one attached hydrogen (secondary N) is 1. The smallest absolute Gasteiger partial charge is 0.184 e. The molecule has 110 valence electrons. The highest BCUT2D eigenvalue weighted by Crippen LogP contribution is 2.24. The van der Waals surface area contributed by atoms with E-state index in [1.165, 1.54) is 5.56 Å². The Hall–Kier alpha value is -1.66. The first-order chi connectivity index (χ1) is 9.90. The number of thiocarbonyl (C=S) groups is 1. The summed E-state index contributed by atoms with van der Waals surface area (Å²) in [4.78, 5) is 0. The Morgan fingerprint density at radius 1 is 1.33 bits per heavy atom. The number of benzene rings is 1. The Balaban J connectivity index is 2.41. The molecule has 0 atom stereocenters. The van der Waals surface area contributed by atoms with E-state index in [-0.39, 0.29) is 5.11 Å². The lowest BCUT2D eigenvalue weighted by Crippen LogP contribution is -2.24. The highest BCUT2D eigenvalue weighted by Gasteiger charge is 2.10. The van der Waals surface area contributed by atoms with Crippen LogP contribution in [0.4, 0.5) is 0 Å². The molecule has 0 aliphatic heterocycles. The first kappa shape index (κ1) is 15.7. The van der Waals surface area contributed by atoms with E-state index in [9.17, 15) is 0 Å². The van der Waals surface area contributed by atoms with E-state index in [1.54, 1.807) is 6.21 Å². The van der Waals surface area contributed by atoms with Gasteiger partial charge in [0.05, 0.1) is 6.21 Å². The summed E-state index contributed by atoms with van der Waals surface area (Å²) < 4.78 is 3.28. The van der Waals surface area contributed by atoms with Crippen molar-refractivity contribution in [1.82, 2.24) is 9.99 Å². The van der Waals surface area contributed by atoms with Gasteiger partial charge >= 0.3 is 0 Å². The second-order valence-corrected chi connectivity index (χ2v) is 6.12. The number of hydrogen-bond donors (Lipinski definition) is 2. The number of hydrazone groups is 1. The molecule has 0 fully saturated rings. The van der Waals surface area contributed by atoms with E-state index in [0.29, 0.717) is 0 Å². The molecule has 6 heteroatoms. The lowest BCUT2D eigenvalue weighted by atomic mass is 10.2. The van der Waals surface area contributed by atoms with Crippen LogP contribution >= 0.6 is 28.1 Å². The zero-order valence-electron chi connectivity index (χ0n) is 12.1. The van der Waals surface area contributed by atoms with Gasteiger partial charge in [-0.15, -0.1) is 0 Å². The molecule has 2 rings (SSSR count). The number of hydrogen-bond acceptors (Lipinski definition) is 2. The summed E-state index contributed by atoms with van der Waals surface area (Å²) in [7, 11) is 0. The number of aryl methyl sites for hydroxylation is 2. The normalized spacial score (nSPS) is 11.0. The summed E-state index contributed by atoms with van der Waals surface area (Å²) in [6.45, 7) is 6.20. The Morgan fingerprint density at radius 2 is 2.05 bits per heavy atom. The molecule has 0 amide bonds. The van der Waals surface area contributed by atoms with Gasteiger partial charge in [-0.2, -0.15) is 5.10 Å². The second kappa shape index (κ2) is 6.41. The maximum absolute atomic E-state index is 5.35. The third-order valence-electron chi connectivity index (χ3n) is 3.26. The van der Waals surface area contributed by atoms with E-state index in [0.717, 1.165) is 27.1 Å². The predicted molar refractivity (Wildman–Crippen MR) is 95.2 cm³/mol. The van der Waals surface area contributed by atoms with Crippen LogP contribution in [0.3, 0.4) is 0 Å². The van der Waals surface area contributed by atoms with Crippen LogP contribution in [0.1, 0.15) is 22.5 Å². The van der Waals surface area contributed by atoms with Crippen LogP contribution in [0.25, 0.3) is 5.69 Å². The van der Waals surface area contributed by atoms with Crippen molar-refractivity contribution in [2.45, 2.75) is 20.8 Å². The SMILES string of the molecule is Cc1ccc(-n2c(C)cc(C=NNC(N)=S)c2C)cc1Br. The molecule has 0 bridgehead atoms. The van der Waals surface area contributed by atoms with Gasteiger partial charge in [0.2, 0.25) is 0 Å². The van der Waals surface area contributed by atoms with E-state index < -0.39 is 0 Å². The van der Waals surface area contributed by atoms with Gasteiger partial charge in [0, 0.05) is 27.1 Å². The Labute approximate surface area is 138 Å². The van der Waals surface area contributed by atoms with Gasteiger partial charge < -0.3 is 10.3 Å². The average molecular weight is 365 g/mol. The van der Waals surface area contributed by atoms with Crippen LogP contribution in [-0.4, -0.2) is 15.9 Å². The third kappa shape index (κ3) is 3.51. The molecule has 0 saturated carbocycles. The highest BCUT2D eigenvalue weighted by atomic mass is 79.9. The topological polar surface area (TPSA) is 55.3 Å². The van der Waals surface area contributed by atoms with Crippen molar-refractivity contribution in [2.24, 2.45) is 10.8 Å². The van der Waals surface area contributed by atoms with Gasteiger partial charge in [-0.1, -0.05) is 22.0 Å². The molecular formula is C15H17BrN4S. The number of nitrogens with two attached hydrogens (primary N) is 1. The van der Waals surface area contributed by atoms with Gasteiger partial charge in [0.1, 0.15) is 0 Å². The highest BCUT2D eigenvalue weighted by molar-refractivity contribution is 9.10. The quantitative estimate of drug-likeness (QED) is 0.498. The Kier molecular flexibility index (Phi) is 4.80. The molecule has 0 aliphatic rings. The van der Waals surface area contributed by atoms with Crippen molar-refractivity contribution in [3.05, 3.63) is 51.3 Å². The Morgan fingerprint density at radius 3 is 2.67 bits per heavy atom. The van der Waals surface area contributed by atoms with Gasteiger partial charge in [-0.25, -0.2) is 0 Å². The van der Waals surface area contributed by atoms with Crippen molar-refractivity contribution < 1.29 is 0 Å². The van der Waals surface area contributed by atoms with Crippen LogP contribution in [0, 0.1) is 20.8 Å². The summed E-state index contributed by atoms with van der Waals surface area (Å²) >= 11 is 8.30. The molecule has 0 saturated heterocycles. The molecule has 1 aromatic heterocycles. The molecule has 0 aliphatic carbocycles. The minimum absolute atomic E-state index is 0.155. The fourth-order valence-electron chi connectivity index (χ4n) is 2.20. The molecule has 1 aromatic carbocycles. The lowest BCUT2D eigenvalue weighted by molar-refractivity contribution is 0.961. The van der Waals surface area contributed by atoms with Crippen LogP contribution in [0.15, 0.2) is 33.8 Å². The summed E-state index contributed by atoms with van der Waals surface area (Å²) in [5.74, 6) is 0. The fourth-order valence-corrected chi connectivity index (χ4v) is 2.62. The average Bonchev–Trinajstić information content (AvgIpc) is 2.68. The van der Waals surface area contributed by atoms with Crippen molar-refractivity contribution in [3.63, 3.8) is 0 Å². The number of rotatable bonds is 3. The summed E-state index contributed by atoms with van der Waals surface area (Å²) in [6.07, 6.45) is 1.72. The molecule has 21 heavy (non-hydrogen) atoms. The fraction of sp³-hybridized carbons (Fsp3) is 0.200. The van der Waals surface area contributed by atoms with Gasteiger partial charge in [-0.05, 0) is 56.8 Å². The van der Waals surface area contributed by atoms with Crippen molar-refractivity contribution in [2.75, 3.05) is 0 Å². The predicted octanol–water partition coefficient (Wildman–Crippen LogP) is 3.33. The van der Waals surface area contributed by atoms with Crippen LogP contribution in [-0.2, 0) is 0 Å². The summed E-state index contributed by atoms with van der Waals surface area (Å²) in [5, 5.41) is 4.17. The van der Waals surface area contributed by atoms with Gasteiger partial charge in [0.15, 0.2) is 5.11 Å². The van der Waals surface area contributed by atoms with Crippen molar-refractivity contribution in [1.29, 1.82) is 0 Å². The zero-order chi connectivity index (χ0) is 15.6. The number of aromatic nitrogens is 1. The first-order valence-corrected chi connectivity index (χ1v) is 7.64. The van der Waals surface area contributed by atoms with Crippen molar-refractivity contribution >= 4 is 39.5 Å². The molecule has 0 spiro atoms. The third-order valence-corrected chi connectivity index (χ3v) is 4.21. The van der Waals surface area contributed by atoms with Crippen LogP contribution < -0.4 is 11.2 Å². The van der Waals surface area contributed by atoms with Gasteiger partial charge in [-0.3, -0.25) is 5.43 Å². The maximum Gasteiger partial charge on any atom is 0.184 e. The number of halogens is 1. The zero-order valence-corrected chi connectivity index (χ0v) is 14.5. The molecule has 3 N–H and O–H groups in total. The molecule has 0 radical (unpaired) electrons. The maximum atomic E-state index is 5.35. The minimum atomic E-state index is 0.155. The number of nitrogens with zero attached hydrogens (tertiary/aromatic N) is 2.